The van der Waals surface area contributed by atoms with Gasteiger partial charge in [-0.2, -0.15) is 0 Å². The first-order chi connectivity index (χ1) is 11.2. The first-order valence-corrected chi connectivity index (χ1v) is 8.37. The fourth-order valence-electron chi connectivity index (χ4n) is 2.35. The van der Waals surface area contributed by atoms with Crippen LogP contribution in [0.4, 0.5) is 5.69 Å². The van der Waals surface area contributed by atoms with E-state index in [1.807, 2.05) is 30.5 Å². The summed E-state index contributed by atoms with van der Waals surface area (Å²) in [6.45, 7) is 0. The highest BCUT2D eigenvalue weighted by atomic mass is 32.2. The SMILES string of the molecule is CSCNc1cc(C=O)ncc1C(=N)c1coc2ccccc12. The van der Waals surface area contributed by atoms with Gasteiger partial charge in [0.25, 0.3) is 0 Å². The van der Waals surface area contributed by atoms with Crippen molar-refractivity contribution in [1.29, 1.82) is 5.41 Å². The zero-order valence-electron chi connectivity index (χ0n) is 12.5. The first-order valence-electron chi connectivity index (χ1n) is 6.98. The van der Waals surface area contributed by atoms with E-state index in [-0.39, 0.29) is 0 Å². The number of hydrogen-bond donors (Lipinski definition) is 2. The van der Waals surface area contributed by atoms with Gasteiger partial charge in [-0.15, -0.1) is 11.8 Å². The van der Waals surface area contributed by atoms with Crippen LogP contribution in [0.15, 0.2) is 47.2 Å². The molecule has 2 N–H and O–H groups in total. The number of para-hydroxylation sites is 1. The number of thioether (sulfide) groups is 1. The number of furan rings is 1. The molecular formula is C17H15N3O2S. The lowest BCUT2D eigenvalue weighted by Crippen LogP contribution is -2.09. The zero-order valence-corrected chi connectivity index (χ0v) is 13.3. The number of pyridine rings is 1. The highest BCUT2D eigenvalue weighted by Crippen LogP contribution is 2.26. The number of aromatic nitrogens is 1. The van der Waals surface area contributed by atoms with Gasteiger partial charge >= 0.3 is 0 Å². The summed E-state index contributed by atoms with van der Waals surface area (Å²) >= 11 is 1.62. The van der Waals surface area contributed by atoms with E-state index in [9.17, 15) is 4.79 Å². The van der Waals surface area contributed by atoms with Crippen LogP contribution in [0.5, 0.6) is 0 Å². The van der Waals surface area contributed by atoms with Crippen LogP contribution >= 0.6 is 11.8 Å². The van der Waals surface area contributed by atoms with Crippen LogP contribution in [0.25, 0.3) is 11.0 Å². The van der Waals surface area contributed by atoms with E-state index in [1.165, 1.54) is 0 Å². The molecule has 0 aliphatic rings. The third-order valence-electron chi connectivity index (χ3n) is 3.47. The summed E-state index contributed by atoms with van der Waals surface area (Å²) < 4.78 is 5.52. The van der Waals surface area contributed by atoms with Gasteiger partial charge in [0.05, 0.1) is 11.6 Å². The van der Waals surface area contributed by atoms with E-state index >= 15 is 0 Å². The Hall–Kier alpha value is -2.60. The van der Waals surface area contributed by atoms with Gasteiger partial charge in [-0.3, -0.25) is 15.2 Å². The molecule has 116 valence electrons. The average molecular weight is 325 g/mol. The summed E-state index contributed by atoms with van der Waals surface area (Å²) in [5, 5.41) is 12.6. The van der Waals surface area contributed by atoms with Gasteiger partial charge in [0.1, 0.15) is 17.5 Å². The number of anilines is 1. The number of aldehydes is 1. The summed E-state index contributed by atoms with van der Waals surface area (Å²) in [4.78, 5) is 15.0. The maximum atomic E-state index is 11.0. The number of fused-ring (bicyclic) bond motifs is 1. The van der Waals surface area contributed by atoms with Crippen LogP contribution < -0.4 is 5.32 Å². The van der Waals surface area contributed by atoms with Crippen molar-refractivity contribution in [3.05, 3.63) is 59.6 Å². The van der Waals surface area contributed by atoms with Gasteiger partial charge in [-0.1, -0.05) is 18.2 Å². The van der Waals surface area contributed by atoms with E-state index < -0.39 is 0 Å². The Labute approximate surface area is 137 Å². The second kappa shape index (κ2) is 6.66. The average Bonchev–Trinajstić information content (AvgIpc) is 3.03. The van der Waals surface area contributed by atoms with Crippen molar-refractivity contribution in [2.75, 3.05) is 17.4 Å². The largest absolute Gasteiger partial charge is 0.464 e. The molecule has 0 spiro atoms. The number of nitrogens with zero attached hydrogens (tertiary/aromatic N) is 1. The fraction of sp³-hybridized carbons (Fsp3) is 0.118. The molecule has 0 aliphatic carbocycles. The molecule has 1 aromatic carbocycles. The monoisotopic (exact) mass is 325 g/mol. The molecule has 0 saturated carbocycles. The quantitative estimate of drug-likeness (QED) is 0.409. The lowest BCUT2D eigenvalue weighted by atomic mass is 10.0. The second-order valence-corrected chi connectivity index (χ2v) is 5.77. The van der Waals surface area contributed by atoms with Crippen LogP contribution in [0.1, 0.15) is 21.6 Å². The van der Waals surface area contributed by atoms with Gasteiger partial charge in [0.2, 0.25) is 0 Å². The number of rotatable bonds is 6. The van der Waals surface area contributed by atoms with Crippen LogP contribution in [0, 0.1) is 5.41 Å². The van der Waals surface area contributed by atoms with Gasteiger partial charge in [-0.05, 0) is 18.4 Å². The minimum absolute atomic E-state index is 0.309. The summed E-state index contributed by atoms with van der Waals surface area (Å²) in [7, 11) is 0. The highest BCUT2D eigenvalue weighted by Gasteiger charge is 2.16. The number of hydrogen-bond acceptors (Lipinski definition) is 6. The Bertz CT molecular complexity index is 873. The third kappa shape index (κ3) is 2.98. The minimum atomic E-state index is 0.309. The van der Waals surface area contributed by atoms with Crippen LogP contribution in [0.2, 0.25) is 0 Å². The van der Waals surface area contributed by atoms with E-state index in [0.717, 1.165) is 11.0 Å². The molecule has 5 nitrogen and oxygen atoms in total. The predicted octanol–water partition coefficient (Wildman–Crippen LogP) is 3.79. The number of benzene rings is 1. The van der Waals surface area contributed by atoms with Gasteiger partial charge in [0, 0.05) is 28.4 Å². The van der Waals surface area contributed by atoms with Crippen molar-refractivity contribution in [3.8, 4) is 0 Å². The lowest BCUT2D eigenvalue weighted by Gasteiger charge is -2.12. The van der Waals surface area contributed by atoms with Crippen molar-refractivity contribution in [3.63, 3.8) is 0 Å². The molecule has 6 heteroatoms. The molecule has 0 bridgehead atoms. The molecule has 0 radical (unpaired) electrons. The molecule has 2 heterocycles. The molecule has 0 atom stereocenters. The maximum Gasteiger partial charge on any atom is 0.168 e. The maximum absolute atomic E-state index is 11.0. The molecule has 2 aromatic heterocycles. The van der Waals surface area contributed by atoms with Gasteiger partial charge in [-0.25, -0.2) is 0 Å². The van der Waals surface area contributed by atoms with E-state index in [1.54, 1.807) is 30.3 Å². The molecule has 3 rings (SSSR count). The van der Waals surface area contributed by atoms with Crippen molar-refractivity contribution in [1.82, 2.24) is 4.98 Å². The molecule has 23 heavy (non-hydrogen) atoms. The zero-order chi connectivity index (χ0) is 16.2. The van der Waals surface area contributed by atoms with Crippen molar-refractivity contribution < 1.29 is 9.21 Å². The summed E-state index contributed by atoms with van der Waals surface area (Å²) in [6, 6.07) is 9.26. The molecule has 0 saturated heterocycles. The highest BCUT2D eigenvalue weighted by molar-refractivity contribution is 7.98. The van der Waals surface area contributed by atoms with Crippen molar-refractivity contribution in [2.24, 2.45) is 0 Å². The van der Waals surface area contributed by atoms with Crippen molar-refractivity contribution >= 4 is 40.4 Å². The molecular weight excluding hydrogens is 310 g/mol. The minimum Gasteiger partial charge on any atom is -0.464 e. The molecule has 0 amide bonds. The van der Waals surface area contributed by atoms with E-state index in [4.69, 9.17) is 9.83 Å². The van der Waals surface area contributed by atoms with Crippen molar-refractivity contribution in [2.45, 2.75) is 0 Å². The van der Waals surface area contributed by atoms with Gasteiger partial charge < -0.3 is 9.73 Å². The Morgan fingerprint density at radius 3 is 3.00 bits per heavy atom. The molecule has 3 aromatic rings. The van der Waals surface area contributed by atoms with Gasteiger partial charge in [0.15, 0.2) is 6.29 Å². The van der Waals surface area contributed by atoms with Crippen LogP contribution in [-0.4, -0.2) is 29.1 Å². The predicted molar refractivity (Wildman–Crippen MR) is 93.8 cm³/mol. The summed E-state index contributed by atoms with van der Waals surface area (Å²) in [6.07, 6.45) is 5.81. The van der Waals surface area contributed by atoms with Crippen LogP contribution in [-0.2, 0) is 0 Å². The van der Waals surface area contributed by atoms with E-state index in [0.29, 0.717) is 40.4 Å². The topological polar surface area (TPSA) is 79.0 Å². The first kappa shape index (κ1) is 15.3. The number of carbonyl (C=O) groups excluding carboxylic acids is 1. The number of nitrogens with one attached hydrogen (secondary N) is 2. The normalized spacial score (nSPS) is 10.7. The Balaban J connectivity index is 2.06. The molecule has 0 unspecified atom stereocenters. The van der Waals surface area contributed by atoms with E-state index in [2.05, 4.69) is 10.3 Å². The molecule has 0 aliphatic heterocycles. The number of carbonyl (C=O) groups is 1. The Morgan fingerprint density at radius 1 is 1.39 bits per heavy atom. The Kier molecular flexibility index (Phi) is 4.43. The fourth-order valence-corrected chi connectivity index (χ4v) is 2.65. The standard InChI is InChI=1S/C17H15N3O2S/c1-23-10-20-15-6-11(8-21)19-7-13(15)17(18)14-9-22-16-5-3-2-4-12(14)16/h2-9,18H,10H2,1H3,(H,19,20). The summed E-state index contributed by atoms with van der Waals surface area (Å²) in [5.74, 6) is 0.675. The third-order valence-corrected chi connectivity index (χ3v) is 3.91. The Morgan fingerprint density at radius 2 is 2.22 bits per heavy atom. The van der Waals surface area contributed by atoms with Crippen LogP contribution in [0.3, 0.4) is 0 Å². The summed E-state index contributed by atoms with van der Waals surface area (Å²) in [5.41, 5.74) is 3.44. The lowest BCUT2D eigenvalue weighted by molar-refractivity contribution is 0.111. The molecule has 0 fully saturated rings. The second-order valence-electron chi connectivity index (χ2n) is 4.90. The smallest absolute Gasteiger partial charge is 0.168 e.